The van der Waals surface area contributed by atoms with Gasteiger partial charge in [-0.15, -0.1) is 0 Å². The molecule has 0 amide bonds. The summed E-state index contributed by atoms with van der Waals surface area (Å²) in [6.45, 7) is 8.62. The van der Waals surface area contributed by atoms with Gasteiger partial charge in [0.2, 0.25) is 0 Å². The third kappa shape index (κ3) is 5.26. The zero-order chi connectivity index (χ0) is 27.3. The monoisotopic (exact) mass is 552 g/mol. The van der Waals surface area contributed by atoms with Crippen molar-refractivity contribution in [3.63, 3.8) is 0 Å². The highest BCUT2D eigenvalue weighted by Gasteiger charge is 2.58. The van der Waals surface area contributed by atoms with Gasteiger partial charge in [-0.25, -0.2) is 17.2 Å². The number of halogens is 5. The summed E-state index contributed by atoms with van der Waals surface area (Å²) >= 11 is 0. The van der Waals surface area contributed by atoms with Crippen molar-refractivity contribution in [1.29, 1.82) is 0 Å². The highest BCUT2D eigenvalue weighted by Crippen LogP contribution is 2.54. The van der Waals surface area contributed by atoms with E-state index in [2.05, 4.69) is 0 Å². The Bertz CT molecular complexity index is 1220. The Kier molecular flexibility index (Phi) is 7.32. The van der Waals surface area contributed by atoms with Gasteiger partial charge in [0.1, 0.15) is 24.2 Å². The molecule has 5 nitrogen and oxygen atoms in total. The minimum absolute atomic E-state index is 0.0822. The van der Waals surface area contributed by atoms with E-state index in [9.17, 15) is 21.6 Å². The number of sulfone groups is 1. The molecule has 0 fully saturated rings. The van der Waals surface area contributed by atoms with Crippen LogP contribution in [0, 0.1) is 0 Å². The Balaban J connectivity index is 2.13. The fraction of sp³-hybridized carbons (Fsp3) is 0.500. The van der Waals surface area contributed by atoms with Crippen molar-refractivity contribution < 1.29 is 44.3 Å². The van der Waals surface area contributed by atoms with Crippen LogP contribution in [0.25, 0.3) is 0 Å². The van der Waals surface area contributed by atoms with E-state index in [1.807, 2.05) is 0 Å². The van der Waals surface area contributed by atoms with Gasteiger partial charge in [-0.05, 0) is 48.0 Å². The lowest BCUT2D eigenvalue weighted by molar-refractivity contribution is -0.0911. The molecule has 0 saturated heterocycles. The maximum absolute atomic E-state index is 15.4. The lowest BCUT2D eigenvalue weighted by Crippen LogP contribution is -2.44. The van der Waals surface area contributed by atoms with E-state index in [4.69, 9.17) is 13.9 Å². The predicted molar refractivity (Wildman–Crippen MR) is 127 cm³/mol. The molecule has 12 heteroatoms. The van der Waals surface area contributed by atoms with Gasteiger partial charge in [-0.1, -0.05) is 32.9 Å². The van der Waals surface area contributed by atoms with Crippen molar-refractivity contribution in [2.24, 2.45) is 0 Å². The van der Waals surface area contributed by atoms with Crippen LogP contribution in [0.3, 0.4) is 0 Å². The number of alkyl halides is 5. The number of methoxy groups -OCH3 is 1. The second-order valence-corrected chi connectivity index (χ2v) is 16.9. The van der Waals surface area contributed by atoms with Crippen molar-refractivity contribution >= 4 is 18.2 Å². The number of hydrogen-bond donors (Lipinski definition) is 0. The Morgan fingerprint density at radius 2 is 1.61 bits per heavy atom. The molecule has 0 spiro atoms. The van der Waals surface area contributed by atoms with Crippen molar-refractivity contribution in [2.75, 3.05) is 7.11 Å². The van der Waals surface area contributed by atoms with Gasteiger partial charge >= 0.3 is 5.51 Å². The van der Waals surface area contributed by atoms with Crippen LogP contribution in [0.5, 0.6) is 11.5 Å². The predicted octanol–water partition coefficient (Wildman–Crippen LogP) is 6.82. The molecular weight excluding hydrogens is 523 g/mol. The van der Waals surface area contributed by atoms with Crippen LogP contribution in [0.15, 0.2) is 41.3 Å². The average Bonchev–Trinajstić information content (AvgIpc) is 3.00. The topological polar surface area (TPSA) is 61.8 Å². The van der Waals surface area contributed by atoms with Gasteiger partial charge in [-0.2, -0.15) is 13.2 Å². The Labute approximate surface area is 208 Å². The summed E-state index contributed by atoms with van der Waals surface area (Å²) in [6, 6.07) is 8.36. The zero-order valence-corrected chi connectivity index (χ0v) is 22.6. The minimum Gasteiger partial charge on any atom is -0.497 e. The first-order chi connectivity index (χ1) is 16.3. The molecule has 1 atom stereocenters. The fourth-order valence-electron chi connectivity index (χ4n) is 3.63. The van der Waals surface area contributed by atoms with Crippen LogP contribution in [0.1, 0.15) is 43.6 Å². The van der Waals surface area contributed by atoms with Gasteiger partial charge in [0, 0.05) is 17.5 Å². The molecule has 1 aliphatic carbocycles. The molecule has 0 radical (unpaired) electrons. The molecule has 1 aliphatic rings. The molecule has 0 heterocycles. The summed E-state index contributed by atoms with van der Waals surface area (Å²) in [4.78, 5) is -1.23. The Hall–Kier alpha value is -2.18. The third-order valence-corrected chi connectivity index (χ3v) is 12.7. The first kappa shape index (κ1) is 28.4. The van der Waals surface area contributed by atoms with Crippen molar-refractivity contribution in [2.45, 2.75) is 74.4 Å². The van der Waals surface area contributed by atoms with Crippen molar-refractivity contribution in [3.8, 4) is 11.5 Å². The summed E-state index contributed by atoms with van der Waals surface area (Å²) in [6.07, 6.45) is -3.18. The van der Waals surface area contributed by atoms with E-state index in [0.717, 1.165) is 6.07 Å². The van der Waals surface area contributed by atoms with Crippen molar-refractivity contribution in [1.82, 2.24) is 0 Å². The molecule has 2 aromatic rings. The third-order valence-electron chi connectivity index (χ3n) is 6.70. The molecule has 0 bridgehead atoms. The highest BCUT2D eigenvalue weighted by molar-refractivity contribution is 7.92. The summed E-state index contributed by atoms with van der Waals surface area (Å²) in [5.41, 5.74) is -6.02. The molecule has 0 aromatic heterocycles. The minimum atomic E-state index is -5.93. The van der Waals surface area contributed by atoms with Crippen LogP contribution in [0.4, 0.5) is 22.0 Å². The number of benzene rings is 2. The first-order valence-corrected chi connectivity index (χ1v) is 15.5. The molecule has 200 valence electrons. The largest absolute Gasteiger partial charge is 0.501 e. The molecule has 36 heavy (non-hydrogen) atoms. The molecule has 0 aliphatic heterocycles. The normalized spacial score (nSPS) is 18.1. The number of fused-ring (bicyclic) bond motifs is 1. The van der Waals surface area contributed by atoms with Gasteiger partial charge in [-0.3, -0.25) is 0 Å². The van der Waals surface area contributed by atoms with Crippen molar-refractivity contribution in [3.05, 3.63) is 53.1 Å². The molecule has 3 rings (SSSR count). The number of ether oxygens (including phenoxy) is 2. The van der Waals surface area contributed by atoms with Gasteiger partial charge in [0.05, 0.1) is 12.0 Å². The molecule has 0 saturated carbocycles. The van der Waals surface area contributed by atoms with Crippen LogP contribution < -0.4 is 9.47 Å². The first-order valence-electron chi connectivity index (χ1n) is 11.1. The maximum Gasteiger partial charge on any atom is 0.501 e. The smallest absolute Gasteiger partial charge is 0.497 e. The van der Waals surface area contributed by atoms with E-state index in [1.54, 1.807) is 58.1 Å². The van der Waals surface area contributed by atoms with Gasteiger partial charge in [0.25, 0.3) is 15.8 Å². The molecule has 0 unspecified atom stereocenters. The van der Waals surface area contributed by atoms with Crippen LogP contribution in [0.2, 0.25) is 18.1 Å². The molecule has 0 N–H and O–H groups in total. The summed E-state index contributed by atoms with van der Waals surface area (Å²) in [5, 5.41) is -0.558. The molecule has 2 aromatic carbocycles. The summed E-state index contributed by atoms with van der Waals surface area (Å²) in [7, 11) is -7.40. The lowest BCUT2D eigenvalue weighted by Gasteiger charge is -2.40. The SMILES string of the molecule is COc1ccc(COc2ccc(S(=O)(=O)C(F)(F)F)c3c2CC(F)(F)[C@H]3O[Si](C)(C)C(C)(C)C)cc1. The van der Waals surface area contributed by atoms with Gasteiger partial charge < -0.3 is 13.9 Å². The van der Waals surface area contributed by atoms with Crippen LogP contribution >= 0.6 is 0 Å². The van der Waals surface area contributed by atoms with E-state index in [0.29, 0.717) is 17.4 Å². The van der Waals surface area contributed by atoms with Gasteiger partial charge in [0.15, 0.2) is 8.32 Å². The standard InChI is InChI=1S/C24H29F5O5SSi/c1-22(2,3)36(5,6)34-21-20-17(13-23(21,25)26)18(11-12-19(20)35(30,31)24(27,28)29)33-14-15-7-9-16(32-4)10-8-15/h7-12,21H,13-14H2,1-6H3/t21-/m0/s1. The number of hydrogen-bond acceptors (Lipinski definition) is 5. The average molecular weight is 553 g/mol. The van der Waals surface area contributed by atoms with E-state index in [-0.39, 0.29) is 17.9 Å². The van der Waals surface area contributed by atoms with E-state index < -0.39 is 57.6 Å². The maximum atomic E-state index is 15.4. The van der Waals surface area contributed by atoms with Crippen LogP contribution in [-0.2, 0) is 27.3 Å². The highest BCUT2D eigenvalue weighted by atomic mass is 32.2. The lowest BCUT2D eigenvalue weighted by atomic mass is 10.1. The second-order valence-electron chi connectivity index (χ2n) is 10.2. The number of rotatable bonds is 7. The summed E-state index contributed by atoms with van der Waals surface area (Å²) in [5.74, 6) is -3.18. The van der Waals surface area contributed by atoms with E-state index >= 15 is 8.78 Å². The van der Waals surface area contributed by atoms with E-state index in [1.165, 1.54) is 7.11 Å². The zero-order valence-electron chi connectivity index (χ0n) is 20.8. The fourth-order valence-corrected chi connectivity index (χ4v) is 5.88. The molecular formula is C24H29F5O5SSi. The Morgan fingerprint density at radius 1 is 1.03 bits per heavy atom. The Morgan fingerprint density at radius 3 is 2.11 bits per heavy atom. The summed E-state index contributed by atoms with van der Waals surface area (Å²) < 4.78 is 113. The second kappa shape index (κ2) is 9.28. The van der Waals surface area contributed by atoms with Crippen LogP contribution in [-0.4, -0.2) is 35.3 Å². The quantitative estimate of drug-likeness (QED) is 0.279.